The zero-order valence-corrected chi connectivity index (χ0v) is 21.9. The highest BCUT2D eigenvalue weighted by molar-refractivity contribution is 7.88. The van der Waals surface area contributed by atoms with Gasteiger partial charge in [0.15, 0.2) is 11.5 Å². The molecule has 10 nitrogen and oxygen atoms in total. The lowest BCUT2D eigenvalue weighted by Gasteiger charge is -2.20. The van der Waals surface area contributed by atoms with Gasteiger partial charge in [0.05, 0.1) is 25.0 Å². The van der Waals surface area contributed by atoms with E-state index in [0.717, 1.165) is 0 Å². The smallest absolute Gasteiger partial charge is 0.466 e. The zero-order chi connectivity index (χ0) is 29.7. The van der Waals surface area contributed by atoms with Crippen molar-refractivity contribution in [2.75, 3.05) is 13.2 Å². The summed E-state index contributed by atoms with van der Waals surface area (Å²) in [5.41, 5.74) is -12.5. The third kappa shape index (κ3) is 8.64. The van der Waals surface area contributed by atoms with Crippen molar-refractivity contribution in [2.45, 2.75) is 51.6 Å². The van der Waals surface area contributed by atoms with Crippen LogP contribution >= 0.6 is 0 Å². The van der Waals surface area contributed by atoms with E-state index < -0.39 is 79.4 Å². The number of benzene rings is 1. The van der Waals surface area contributed by atoms with Crippen molar-refractivity contribution in [3.05, 3.63) is 23.3 Å². The summed E-state index contributed by atoms with van der Waals surface area (Å²) in [5, 5.41) is 0. The molecule has 2 atom stereocenters. The summed E-state index contributed by atoms with van der Waals surface area (Å²) in [6.07, 6.45) is -0.781. The molecule has 0 heterocycles. The molecule has 0 aromatic heterocycles. The standard InChI is InChI=1S/C20H24F6O10S2/c1-5-33-17(27)11(3)7-13-9-15(35-37(29,30)19(21,22)23)16(36-38(31,32)20(24,25)26)10-14(13)8-12(4)18(28)34-6-2/h9-12H,5-8H2,1-4H3. The molecular weight excluding hydrogens is 578 g/mol. The number of carbonyl (C=O) groups excluding carboxylic acids is 2. The Morgan fingerprint density at radius 2 is 1.00 bits per heavy atom. The van der Waals surface area contributed by atoms with E-state index in [0.29, 0.717) is 12.1 Å². The number of hydrogen-bond donors (Lipinski definition) is 0. The molecule has 38 heavy (non-hydrogen) atoms. The minimum absolute atomic E-state index is 0.0454. The Labute approximate surface area is 214 Å². The summed E-state index contributed by atoms with van der Waals surface area (Å²) < 4.78 is 141. The van der Waals surface area contributed by atoms with Crippen LogP contribution in [0.2, 0.25) is 0 Å². The number of hydrogen-bond acceptors (Lipinski definition) is 10. The van der Waals surface area contributed by atoms with E-state index in [-0.39, 0.29) is 24.3 Å². The largest absolute Gasteiger partial charge is 0.534 e. The van der Waals surface area contributed by atoms with Crippen LogP contribution in [0.15, 0.2) is 12.1 Å². The van der Waals surface area contributed by atoms with Crippen molar-refractivity contribution in [3.63, 3.8) is 0 Å². The van der Waals surface area contributed by atoms with E-state index in [2.05, 4.69) is 8.37 Å². The number of ether oxygens (including phenoxy) is 2. The Balaban J connectivity index is 3.83. The van der Waals surface area contributed by atoms with Gasteiger partial charge in [-0.05, 0) is 49.9 Å². The maximum atomic E-state index is 12.9. The van der Waals surface area contributed by atoms with Crippen LogP contribution in [-0.2, 0) is 52.1 Å². The van der Waals surface area contributed by atoms with E-state index in [1.807, 2.05) is 0 Å². The lowest BCUT2D eigenvalue weighted by atomic mass is 9.91. The van der Waals surface area contributed by atoms with Gasteiger partial charge < -0.3 is 17.8 Å². The van der Waals surface area contributed by atoms with Gasteiger partial charge in [-0.25, -0.2) is 0 Å². The summed E-state index contributed by atoms with van der Waals surface area (Å²) in [7, 11) is -13.0. The van der Waals surface area contributed by atoms with Gasteiger partial charge in [0.1, 0.15) is 0 Å². The second-order valence-electron chi connectivity index (χ2n) is 7.75. The van der Waals surface area contributed by atoms with Crippen LogP contribution in [0.3, 0.4) is 0 Å². The van der Waals surface area contributed by atoms with Crippen molar-refractivity contribution in [1.29, 1.82) is 0 Å². The first-order chi connectivity index (χ1) is 17.2. The van der Waals surface area contributed by atoms with Gasteiger partial charge in [-0.1, -0.05) is 13.8 Å². The molecule has 18 heteroatoms. The highest BCUT2D eigenvalue weighted by Gasteiger charge is 2.51. The summed E-state index contributed by atoms with van der Waals surface area (Å²) in [4.78, 5) is 24.2. The molecule has 0 aliphatic heterocycles. The van der Waals surface area contributed by atoms with Crippen molar-refractivity contribution in [3.8, 4) is 11.5 Å². The third-order valence-corrected chi connectivity index (χ3v) is 6.59. The molecule has 0 saturated heterocycles. The van der Waals surface area contributed by atoms with E-state index >= 15 is 0 Å². The fourth-order valence-electron chi connectivity index (χ4n) is 2.88. The van der Waals surface area contributed by atoms with Gasteiger partial charge in [-0.2, -0.15) is 43.2 Å². The van der Waals surface area contributed by atoms with Crippen LogP contribution in [0.1, 0.15) is 38.8 Å². The molecule has 0 bridgehead atoms. The van der Waals surface area contributed by atoms with Gasteiger partial charge >= 0.3 is 43.2 Å². The van der Waals surface area contributed by atoms with Crippen LogP contribution in [0, 0.1) is 11.8 Å². The highest BCUT2D eigenvalue weighted by Crippen LogP contribution is 2.39. The topological polar surface area (TPSA) is 139 Å². The fraction of sp³-hybridized carbons (Fsp3) is 0.600. The third-order valence-electron chi connectivity index (χ3n) is 4.66. The first kappa shape index (κ1) is 33.3. The molecule has 1 rings (SSSR count). The fourth-order valence-corrected chi connectivity index (χ4v) is 3.80. The monoisotopic (exact) mass is 602 g/mol. The van der Waals surface area contributed by atoms with Crippen LogP contribution in [0.25, 0.3) is 0 Å². The van der Waals surface area contributed by atoms with Crippen LogP contribution in [0.4, 0.5) is 26.3 Å². The maximum Gasteiger partial charge on any atom is 0.534 e. The Morgan fingerprint density at radius 1 is 0.711 bits per heavy atom. The predicted octanol–water partition coefficient (Wildman–Crippen LogP) is 3.63. The van der Waals surface area contributed by atoms with Gasteiger partial charge in [-0.3, -0.25) is 9.59 Å². The second kappa shape index (κ2) is 12.4. The second-order valence-corrected chi connectivity index (χ2v) is 10.8. The minimum atomic E-state index is -6.51. The van der Waals surface area contributed by atoms with Crippen LogP contribution < -0.4 is 8.37 Å². The van der Waals surface area contributed by atoms with Crippen molar-refractivity contribution < 1.29 is 70.6 Å². The van der Waals surface area contributed by atoms with E-state index in [1.165, 1.54) is 27.7 Å². The Kier molecular flexibility index (Phi) is 10.9. The van der Waals surface area contributed by atoms with Crippen molar-refractivity contribution in [1.82, 2.24) is 0 Å². The molecule has 0 radical (unpaired) electrons. The molecule has 0 fully saturated rings. The first-order valence-corrected chi connectivity index (χ1v) is 13.5. The predicted molar refractivity (Wildman–Crippen MR) is 117 cm³/mol. The highest BCUT2D eigenvalue weighted by atomic mass is 32.2. The SMILES string of the molecule is CCOC(=O)C(C)Cc1cc(OS(=O)(=O)C(F)(F)F)c(OS(=O)(=O)C(F)(F)F)cc1CC(C)C(=O)OCC. The molecule has 0 saturated carbocycles. The molecule has 1 aromatic carbocycles. The quantitative estimate of drug-likeness (QED) is 0.151. The van der Waals surface area contributed by atoms with Crippen LogP contribution in [-0.4, -0.2) is 53.0 Å². The molecule has 0 spiro atoms. The molecule has 2 unspecified atom stereocenters. The Morgan fingerprint density at radius 3 is 1.24 bits per heavy atom. The first-order valence-electron chi connectivity index (χ1n) is 10.7. The number of halogens is 6. The number of alkyl halides is 6. The van der Waals surface area contributed by atoms with Gasteiger partial charge in [-0.15, -0.1) is 0 Å². The number of rotatable bonds is 12. The molecule has 1 aromatic rings. The zero-order valence-electron chi connectivity index (χ0n) is 20.3. The van der Waals surface area contributed by atoms with Gasteiger partial charge in [0, 0.05) is 0 Å². The summed E-state index contributed by atoms with van der Waals surface area (Å²) >= 11 is 0. The molecule has 0 aliphatic rings. The molecule has 0 aliphatic carbocycles. The normalized spacial score (nSPS) is 14.4. The lowest BCUT2D eigenvalue weighted by Crippen LogP contribution is -2.30. The average molecular weight is 603 g/mol. The van der Waals surface area contributed by atoms with Gasteiger partial charge in [0.2, 0.25) is 0 Å². The number of esters is 2. The van der Waals surface area contributed by atoms with Crippen LogP contribution in [0.5, 0.6) is 11.5 Å². The maximum absolute atomic E-state index is 12.9. The van der Waals surface area contributed by atoms with Crippen molar-refractivity contribution >= 4 is 32.2 Å². The molecule has 218 valence electrons. The number of carbonyl (C=O) groups is 2. The lowest BCUT2D eigenvalue weighted by molar-refractivity contribution is -0.148. The van der Waals surface area contributed by atoms with E-state index in [1.54, 1.807) is 0 Å². The molecule has 0 amide bonds. The summed E-state index contributed by atoms with van der Waals surface area (Å²) in [5.74, 6) is -6.75. The average Bonchev–Trinajstić information content (AvgIpc) is 2.74. The summed E-state index contributed by atoms with van der Waals surface area (Å²) in [6, 6.07) is 0.959. The van der Waals surface area contributed by atoms with E-state index in [4.69, 9.17) is 9.47 Å². The minimum Gasteiger partial charge on any atom is -0.466 e. The molecule has 0 N–H and O–H groups in total. The summed E-state index contributed by atoms with van der Waals surface area (Å²) in [6.45, 7) is 5.52. The van der Waals surface area contributed by atoms with E-state index in [9.17, 15) is 52.8 Å². The Hall–Kier alpha value is -2.76. The van der Waals surface area contributed by atoms with Gasteiger partial charge in [0.25, 0.3) is 0 Å². The van der Waals surface area contributed by atoms with Crippen molar-refractivity contribution in [2.24, 2.45) is 11.8 Å². The molecular formula is C20H24F6O10S2. The Bertz CT molecular complexity index is 1130.